The third-order valence-corrected chi connectivity index (χ3v) is 4.73. The van der Waals surface area contributed by atoms with Crippen molar-refractivity contribution < 1.29 is 23.1 Å². The molecule has 1 unspecified atom stereocenters. The highest BCUT2D eigenvalue weighted by molar-refractivity contribution is 7.91. The Bertz CT molecular complexity index is 578. The van der Waals surface area contributed by atoms with Gasteiger partial charge in [0.2, 0.25) is 0 Å². The Balaban J connectivity index is 2.22. The molecule has 0 saturated carbocycles. The fraction of sp³-hybridized carbons (Fsp3) is 0.455. The summed E-state index contributed by atoms with van der Waals surface area (Å²) in [4.78, 5) is 27.0. The number of hydrogen-bond acceptors (Lipinski definition) is 4. The van der Waals surface area contributed by atoms with Crippen molar-refractivity contribution in [1.82, 2.24) is 9.88 Å². The monoisotopic (exact) mass is 286 g/mol. The van der Waals surface area contributed by atoms with E-state index < -0.39 is 21.8 Å². The van der Waals surface area contributed by atoms with E-state index in [1.807, 2.05) is 0 Å². The second kappa shape index (κ2) is 5.04. The van der Waals surface area contributed by atoms with Gasteiger partial charge in [0.1, 0.15) is 5.69 Å². The van der Waals surface area contributed by atoms with E-state index in [0.29, 0.717) is 5.69 Å². The molecule has 1 aromatic heterocycles. The van der Waals surface area contributed by atoms with Crippen molar-refractivity contribution in [2.45, 2.75) is 12.5 Å². The third kappa shape index (κ3) is 3.14. The summed E-state index contributed by atoms with van der Waals surface area (Å²) in [5.74, 6) is -1.92. The molecule has 1 aliphatic heterocycles. The number of carboxylic acids is 1. The first-order valence-electron chi connectivity index (χ1n) is 5.75. The number of nitrogens with one attached hydrogen (secondary N) is 1. The van der Waals surface area contributed by atoms with Gasteiger partial charge in [-0.3, -0.25) is 9.59 Å². The summed E-state index contributed by atoms with van der Waals surface area (Å²) in [6.07, 6.45) is 1.21. The van der Waals surface area contributed by atoms with Crippen LogP contribution in [0.15, 0.2) is 18.3 Å². The van der Waals surface area contributed by atoms with Crippen LogP contribution >= 0.6 is 0 Å². The molecule has 1 atom stereocenters. The molecule has 104 valence electrons. The maximum absolute atomic E-state index is 12.2. The molecule has 0 bridgehead atoms. The number of H-pyrrole nitrogens is 1. The minimum Gasteiger partial charge on any atom is -0.481 e. The quantitative estimate of drug-likeness (QED) is 0.795. The number of carbonyl (C=O) groups is 2. The van der Waals surface area contributed by atoms with E-state index in [4.69, 9.17) is 5.11 Å². The number of sulfone groups is 1. The predicted octanol–water partition coefficient (Wildman–Crippen LogP) is -0.271. The first kappa shape index (κ1) is 13.6. The molecule has 1 aromatic rings. The van der Waals surface area contributed by atoms with Crippen molar-refractivity contribution in [2.75, 3.05) is 18.1 Å². The Labute approximate surface area is 110 Å². The Hall–Kier alpha value is -1.83. The zero-order chi connectivity index (χ0) is 14.0. The summed E-state index contributed by atoms with van der Waals surface area (Å²) in [5.41, 5.74) is 0.328. The van der Waals surface area contributed by atoms with E-state index >= 15 is 0 Å². The van der Waals surface area contributed by atoms with E-state index in [1.165, 1.54) is 4.90 Å². The standard InChI is InChI=1S/C11H14N2O5S/c14-10(15)6-8-7-19(17,18)5-4-13(8)11(16)9-2-1-3-12-9/h1-3,8,12H,4-7H2,(H,14,15). The minimum absolute atomic E-state index is 0.0259. The third-order valence-electron chi connectivity index (χ3n) is 3.03. The summed E-state index contributed by atoms with van der Waals surface area (Å²) in [6, 6.07) is 2.41. The zero-order valence-corrected chi connectivity index (χ0v) is 10.9. The summed E-state index contributed by atoms with van der Waals surface area (Å²) < 4.78 is 23.1. The lowest BCUT2D eigenvalue weighted by molar-refractivity contribution is -0.138. The highest BCUT2D eigenvalue weighted by Crippen LogP contribution is 2.17. The molecule has 0 aliphatic carbocycles. The molecule has 7 nitrogen and oxygen atoms in total. The number of rotatable bonds is 3. The first-order valence-corrected chi connectivity index (χ1v) is 7.58. The van der Waals surface area contributed by atoms with Crippen LogP contribution < -0.4 is 0 Å². The van der Waals surface area contributed by atoms with Crippen molar-refractivity contribution in [3.63, 3.8) is 0 Å². The van der Waals surface area contributed by atoms with Crippen LogP contribution in [0, 0.1) is 0 Å². The van der Waals surface area contributed by atoms with Crippen LogP contribution in [0.4, 0.5) is 0 Å². The predicted molar refractivity (Wildman–Crippen MR) is 66.5 cm³/mol. The number of nitrogens with zero attached hydrogens (tertiary/aromatic N) is 1. The van der Waals surface area contributed by atoms with Crippen LogP contribution in [0.25, 0.3) is 0 Å². The highest BCUT2D eigenvalue weighted by atomic mass is 32.2. The smallest absolute Gasteiger partial charge is 0.305 e. The van der Waals surface area contributed by atoms with Crippen LogP contribution in [0.2, 0.25) is 0 Å². The number of aromatic nitrogens is 1. The Morgan fingerprint density at radius 3 is 2.79 bits per heavy atom. The SMILES string of the molecule is O=C(O)CC1CS(=O)(=O)CCN1C(=O)c1ccc[nH]1. The minimum atomic E-state index is -3.28. The van der Waals surface area contributed by atoms with Crippen molar-refractivity contribution in [2.24, 2.45) is 0 Å². The maximum Gasteiger partial charge on any atom is 0.305 e. The molecule has 0 aromatic carbocycles. The number of carbonyl (C=O) groups excluding carboxylic acids is 1. The Kier molecular flexibility index (Phi) is 3.61. The van der Waals surface area contributed by atoms with Gasteiger partial charge in [-0.15, -0.1) is 0 Å². The molecule has 1 aliphatic rings. The summed E-state index contributed by atoms with van der Waals surface area (Å²) >= 11 is 0. The van der Waals surface area contributed by atoms with Crippen molar-refractivity contribution in [3.05, 3.63) is 24.0 Å². The van der Waals surface area contributed by atoms with Crippen LogP contribution in [0.1, 0.15) is 16.9 Å². The van der Waals surface area contributed by atoms with E-state index in [0.717, 1.165) is 0 Å². The number of amides is 1. The van der Waals surface area contributed by atoms with Gasteiger partial charge in [0.05, 0.1) is 24.0 Å². The maximum atomic E-state index is 12.2. The van der Waals surface area contributed by atoms with Crippen molar-refractivity contribution >= 4 is 21.7 Å². The van der Waals surface area contributed by atoms with E-state index in [9.17, 15) is 18.0 Å². The second-order valence-corrected chi connectivity index (χ2v) is 6.68. The summed E-state index contributed by atoms with van der Waals surface area (Å²) in [6.45, 7) is 0.0259. The van der Waals surface area contributed by atoms with Gasteiger partial charge in [-0.25, -0.2) is 8.42 Å². The molecule has 2 heterocycles. The van der Waals surface area contributed by atoms with Gasteiger partial charge in [-0.05, 0) is 12.1 Å². The average molecular weight is 286 g/mol. The molecule has 0 spiro atoms. The van der Waals surface area contributed by atoms with Gasteiger partial charge in [-0.2, -0.15) is 0 Å². The van der Waals surface area contributed by atoms with E-state index in [1.54, 1.807) is 18.3 Å². The number of aliphatic carboxylic acids is 1. The van der Waals surface area contributed by atoms with Crippen LogP contribution in [0.5, 0.6) is 0 Å². The molecular formula is C11H14N2O5S. The first-order chi connectivity index (χ1) is 8.89. The second-order valence-electron chi connectivity index (χ2n) is 4.45. The van der Waals surface area contributed by atoms with Gasteiger partial charge in [-0.1, -0.05) is 0 Å². The molecule has 1 saturated heterocycles. The molecule has 1 amide bonds. The number of aromatic amines is 1. The van der Waals surface area contributed by atoms with E-state index in [-0.39, 0.29) is 30.4 Å². The fourth-order valence-corrected chi connectivity index (χ4v) is 3.67. The molecular weight excluding hydrogens is 272 g/mol. The lowest BCUT2D eigenvalue weighted by Gasteiger charge is -2.34. The molecule has 2 rings (SSSR count). The zero-order valence-electron chi connectivity index (χ0n) is 10.1. The summed E-state index contributed by atoms with van der Waals surface area (Å²) in [7, 11) is -3.28. The van der Waals surface area contributed by atoms with Gasteiger partial charge < -0.3 is 15.0 Å². The van der Waals surface area contributed by atoms with Crippen molar-refractivity contribution in [1.29, 1.82) is 0 Å². The molecule has 2 N–H and O–H groups in total. The molecule has 19 heavy (non-hydrogen) atoms. The lowest BCUT2D eigenvalue weighted by Crippen LogP contribution is -2.52. The van der Waals surface area contributed by atoms with Gasteiger partial charge in [0.25, 0.3) is 5.91 Å². The molecule has 0 radical (unpaired) electrons. The fourth-order valence-electron chi connectivity index (χ4n) is 2.14. The van der Waals surface area contributed by atoms with Crippen LogP contribution in [-0.4, -0.2) is 59.4 Å². The Morgan fingerprint density at radius 1 is 1.47 bits per heavy atom. The normalized spacial score (nSPS) is 22.1. The van der Waals surface area contributed by atoms with Crippen LogP contribution in [-0.2, 0) is 14.6 Å². The lowest BCUT2D eigenvalue weighted by atomic mass is 10.2. The van der Waals surface area contributed by atoms with Crippen molar-refractivity contribution in [3.8, 4) is 0 Å². The highest BCUT2D eigenvalue weighted by Gasteiger charge is 2.35. The largest absolute Gasteiger partial charge is 0.481 e. The molecule has 8 heteroatoms. The van der Waals surface area contributed by atoms with Gasteiger partial charge in [0, 0.05) is 12.7 Å². The van der Waals surface area contributed by atoms with Gasteiger partial charge >= 0.3 is 5.97 Å². The summed E-state index contributed by atoms with van der Waals surface area (Å²) in [5, 5.41) is 8.83. The average Bonchev–Trinajstić information content (AvgIpc) is 2.79. The Morgan fingerprint density at radius 2 is 2.21 bits per heavy atom. The van der Waals surface area contributed by atoms with Gasteiger partial charge in [0.15, 0.2) is 9.84 Å². The topological polar surface area (TPSA) is 108 Å². The molecule has 1 fully saturated rings. The number of carboxylic acid groups (broad SMARTS) is 1. The number of hydrogen-bond donors (Lipinski definition) is 2. The van der Waals surface area contributed by atoms with Crippen LogP contribution in [0.3, 0.4) is 0 Å². The van der Waals surface area contributed by atoms with E-state index in [2.05, 4.69) is 4.98 Å².